The summed E-state index contributed by atoms with van der Waals surface area (Å²) in [4.78, 5) is 12.3. The van der Waals surface area contributed by atoms with Crippen LogP contribution in [0.2, 0.25) is 0 Å². The summed E-state index contributed by atoms with van der Waals surface area (Å²) < 4.78 is 7.13. The monoisotopic (exact) mass is 280 g/mol. The SMILES string of the molecule is O=C(Nn1cnnc1)c1ccccc1Oc1ccccc1. The first-order chi connectivity index (χ1) is 10.3. The second kappa shape index (κ2) is 5.87. The molecule has 0 bridgehead atoms. The highest BCUT2D eigenvalue weighted by Crippen LogP contribution is 2.24. The lowest BCUT2D eigenvalue weighted by molar-refractivity contribution is 0.101. The van der Waals surface area contributed by atoms with Crippen molar-refractivity contribution < 1.29 is 9.53 Å². The number of carbonyl (C=O) groups excluding carboxylic acids is 1. The van der Waals surface area contributed by atoms with E-state index in [0.717, 1.165) is 0 Å². The number of rotatable bonds is 4. The summed E-state index contributed by atoms with van der Waals surface area (Å²) in [5, 5.41) is 7.25. The number of hydrogen-bond donors (Lipinski definition) is 1. The van der Waals surface area contributed by atoms with Gasteiger partial charge < -0.3 is 4.74 Å². The van der Waals surface area contributed by atoms with Gasteiger partial charge >= 0.3 is 0 Å². The average Bonchev–Trinajstić information content (AvgIpc) is 3.02. The molecule has 21 heavy (non-hydrogen) atoms. The average molecular weight is 280 g/mol. The first-order valence-corrected chi connectivity index (χ1v) is 6.31. The number of benzene rings is 2. The molecule has 0 aliphatic rings. The van der Waals surface area contributed by atoms with Crippen LogP contribution in [0.3, 0.4) is 0 Å². The first kappa shape index (κ1) is 12.9. The molecule has 1 amide bonds. The van der Waals surface area contributed by atoms with Crippen molar-refractivity contribution in [2.75, 3.05) is 5.43 Å². The van der Waals surface area contributed by atoms with E-state index in [0.29, 0.717) is 17.1 Å². The summed E-state index contributed by atoms with van der Waals surface area (Å²) in [6, 6.07) is 16.3. The molecule has 104 valence electrons. The van der Waals surface area contributed by atoms with Crippen LogP contribution in [0.4, 0.5) is 0 Å². The lowest BCUT2D eigenvalue weighted by Crippen LogP contribution is -2.21. The summed E-state index contributed by atoms with van der Waals surface area (Å²) in [6.07, 6.45) is 2.80. The third-order valence-corrected chi connectivity index (χ3v) is 2.75. The lowest BCUT2D eigenvalue weighted by Gasteiger charge is -2.11. The summed E-state index contributed by atoms with van der Waals surface area (Å²) in [5.74, 6) is 0.845. The van der Waals surface area contributed by atoms with Gasteiger partial charge in [-0.15, -0.1) is 10.2 Å². The van der Waals surface area contributed by atoms with Gasteiger partial charge in [-0.1, -0.05) is 30.3 Å². The highest BCUT2D eigenvalue weighted by atomic mass is 16.5. The Hall–Kier alpha value is -3.15. The number of carbonyl (C=O) groups is 1. The summed E-state index contributed by atoms with van der Waals surface area (Å²) >= 11 is 0. The van der Waals surface area contributed by atoms with Gasteiger partial charge in [0.2, 0.25) is 0 Å². The Bertz CT molecular complexity index is 726. The molecule has 0 aliphatic heterocycles. The van der Waals surface area contributed by atoms with E-state index >= 15 is 0 Å². The third-order valence-electron chi connectivity index (χ3n) is 2.75. The Balaban J connectivity index is 1.84. The standard InChI is InChI=1S/C15H12N4O2/c20-15(18-19-10-16-17-11-19)13-8-4-5-9-14(13)21-12-6-2-1-3-7-12/h1-11H,(H,18,20). The van der Waals surface area contributed by atoms with Gasteiger partial charge in [0.1, 0.15) is 24.2 Å². The quantitative estimate of drug-likeness (QED) is 0.797. The molecule has 1 N–H and O–H groups in total. The van der Waals surface area contributed by atoms with Gasteiger partial charge in [0, 0.05) is 0 Å². The molecule has 0 aliphatic carbocycles. The fourth-order valence-electron chi connectivity index (χ4n) is 1.79. The zero-order chi connectivity index (χ0) is 14.5. The normalized spacial score (nSPS) is 10.1. The predicted molar refractivity (Wildman–Crippen MR) is 76.7 cm³/mol. The fraction of sp³-hybridized carbons (Fsp3) is 0. The minimum Gasteiger partial charge on any atom is -0.457 e. The molecule has 1 heterocycles. The fourth-order valence-corrected chi connectivity index (χ4v) is 1.79. The van der Waals surface area contributed by atoms with Crippen molar-refractivity contribution in [3.05, 3.63) is 72.8 Å². The summed E-state index contributed by atoms with van der Waals surface area (Å²) in [6.45, 7) is 0. The number of ether oxygens (including phenoxy) is 1. The molecule has 0 spiro atoms. The van der Waals surface area contributed by atoms with Crippen molar-refractivity contribution in [3.63, 3.8) is 0 Å². The van der Waals surface area contributed by atoms with E-state index in [1.165, 1.54) is 17.3 Å². The minimum absolute atomic E-state index is 0.304. The van der Waals surface area contributed by atoms with Gasteiger partial charge in [-0.25, -0.2) is 4.68 Å². The largest absolute Gasteiger partial charge is 0.457 e. The van der Waals surface area contributed by atoms with Crippen LogP contribution >= 0.6 is 0 Å². The number of hydrogen-bond acceptors (Lipinski definition) is 4. The molecule has 0 fully saturated rings. The maximum Gasteiger partial charge on any atom is 0.273 e. The molecule has 3 rings (SSSR count). The van der Waals surface area contributed by atoms with E-state index < -0.39 is 0 Å². The van der Waals surface area contributed by atoms with Crippen molar-refractivity contribution in [2.24, 2.45) is 0 Å². The Morgan fingerprint density at radius 2 is 1.62 bits per heavy atom. The molecule has 0 saturated carbocycles. The van der Waals surface area contributed by atoms with Gasteiger partial charge in [-0.2, -0.15) is 0 Å². The van der Waals surface area contributed by atoms with E-state index in [2.05, 4.69) is 15.6 Å². The summed E-state index contributed by atoms with van der Waals surface area (Å²) in [5.41, 5.74) is 3.06. The molecule has 2 aromatic carbocycles. The maximum atomic E-state index is 12.3. The first-order valence-electron chi connectivity index (χ1n) is 6.31. The molecular formula is C15H12N4O2. The lowest BCUT2D eigenvalue weighted by atomic mass is 10.2. The maximum absolute atomic E-state index is 12.3. The molecule has 3 aromatic rings. The molecule has 6 heteroatoms. The number of nitrogens with one attached hydrogen (secondary N) is 1. The van der Waals surface area contributed by atoms with Crippen LogP contribution in [0.1, 0.15) is 10.4 Å². The van der Waals surface area contributed by atoms with Crippen LogP contribution in [-0.2, 0) is 0 Å². The van der Waals surface area contributed by atoms with Crippen molar-refractivity contribution in [1.82, 2.24) is 14.9 Å². The van der Waals surface area contributed by atoms with E-state index in [1.54, 1.807) is 18.2 Å². The van der Waals surface area contributed by atoms with Gasteiger partial charge in [-0.05, 0) is 24.3 Å². The van der Waals surface area contributed by atoms with E-state index in [1.807, 2.05) is 36.4 Å². The molecule has 6 nitrogen and oxygen atoms in total. The van der Waals surface area contributed by atoms with Crippen molar-refractivity contribution in [3.8, 4) is 11.5 Å². The van der Waals surface area contributed by atoms with Crippen LogP contribution in [0.15, 0.2) is 67.3 Å². The predicted octanol–water partition coefficient (Wildman–Crippen LogP) is 2.45. The van der Waals surface area contributed by atoms with Crippen molar-refractivity contribution >= 4 is 5.91 Å². The summed E-state index contributed by atoms with van der Waals surface area (Å²) in [7, 11) is 0. The zero-order valence-corrected chi connectivity index (χ0v) is 11.0. The van der Waals surface area contributed by atoms with Crippen molar-refractivity contribution in [2.45, 2.75) is 0 Å². The Labute approximate surface area is 121 Å². The topological polar surface area (TPSA) is 69.0 Å². The van der Waals surface area contributed by atoms with Crippen molar-refractivity contribution in [1.29, 1.82) is 0 Å². The molecule has 0 atom stereocenters. The van der Waals surface area contributed by atoms with E-state index in [4.69, 9.17) is 4.74 Å². The number of amides is 1. The molecule has 0 unspecified atom stereocenters. The second-order valence-electron chi connectivity index (χ2n) is 4.22. The molecule has 0 radical (unpaired) electrons. The second-order valence-corrected chi connectivity index (χ2v) is 4.22. The minimum atomic E-state index is -0.304. The van der Waals surface area contributed by atoms with Crippen LogP contribution in [0.5, 0.6) is 11.5 Å². The molecule has 1 aromatic heterocycles. The van der Waals surface area contributed by atoms with E-state index in [-0.39, 0.29) is 5.91 Å². The van der Waals surface area contributed by atoms with Crippen LogP contribution in [0.25, 0.3) is 0 Å². The van der Waals surface area contributed by atoms with E-state index in [9.17, 15) is 4.79 Å². The van der Waals surface area contributed by atoms with Crippen LogP contribution < -0.4 is 10.2 Å². The number of nitrogens with zero attached hydrogens (tertiary/aromatic N) is 3. The Morgan fingerprint density at radius 1 is 0.952 bits per heavy atom. The molecule has 0 saturated heterocycles. The number of para-hydroxylation sites is 2. The van der Waals surface area contributed by atoms with Crippen LogP contribution in [-0.4, -0.2) is 20.8 Å². The van der Waals surface area contributed by atoms with Gasteiger partial charge in [0.15, 0.2) is 0 Å². The number of aromatic nitrogens is 3. The third kappa shape index (κ3) is 3.06. The highest BCUT2D eigenvalue weighted by Gasteiger charge is 2.13. The van der Waals surface area contributed by atoms with Crippen LogP contribution in [0, 0.1) is 0 Å². The zero-order valence-electron chi connectivity index (χ0n) is 11.0. The van der Waals surface area contributed by atoms with Gasteiger partial charge in [0.25, 0.3) is 5.91 Å². The van der Waals surface area contributed by atoms with Gasteiger partial charge in [0.05, 0.1) is 5.56 Å². The smallest absolute Gasteiger partial charge is 0.273 e. The van der Waals surface area contributed by atoms with Gasteiger partial charge in [-0.3, -0.25) is 10.2 Å². The Morgan fingerprint density at radius 3 is 2.38 bits per heavy atom. The molecular weight excluding hydrogens is 268 g/mol. The Kier molecular flexibility index (Phi) is 3.60. The highest BCUT2D eigenvalue weighted by molar-refractivity contribution is 6.02.